The zero-order chi connectivity index (χ0) is 42.7. The number of anilines is 2. The standard InChI is InChI=1S/C33H53N3O19S3/c1-50-28-20(14-52-58(47,48)49)53-32(22(34)25(28)42)54-29-26(43)27(44)33(55-30(29)31(45)46)51-13-19(38)24(41)23(40)18(37)12-35-15-5-4-6-16(11-15)36-21(39)8-3-2-7-17-9-10-56-57-17/h4-6,11,17-20,22-30,32-33,35,37-38,40-44H,2-3,7-10,12-14,34H2,1H3,(H,36,39)(H,45,46)(H,47,48,49)/t17?,18-,19+,20+,22+,23+,24+,25+,26+,27+,28+,29-,30-,32+,33+/m0/s1. The molecule has 1 amide bonds. The maximum absolute atomic E-state index is 12.4. The molecule has 0 saturated carbocycles. The molecule has 58 heavy (non-hydrogen) atoms. The van der Waals surface area contributed by atoms with Crippen LogP contribution < -0.4 is 16.4 Å². The van der Waals surface area contributed by atoms with E-state index in [4.69, 9.17) is 34.0 Å². The maximum atomic E-state index is 12.4. The lowest BCUT2D eigenvalue weighted by Crippen LogP contribution is -2.67. The summed E-state index contributed by atoms with van der Waals surface area (Å²) >= 11 is 0. The summed E-state index contributed by atoms with van der Waals surface area (Å²) in [4.78, 5) is 24.6. The van der Waals surface area contributed by atoms with Crippen molar-refractivity contribution in [3.63, 3.8) is 0 Å². The van der Waals surface area contributed by atoms with Gasteiger partial charge in [0, 0.05) is 42.5 Å². The van der Waals surface area contributed by atoms with Crippen molar-refractivity contribution in [1.82, 2.24) is 0 Å². The number of rotatable bonds is 22. The number of unbranched alkanes of at least 4 members (excludes halogenated alkanes) is 1. The summed E-state index contributed by atoms with van der Waals surface area (Å²) in [6, 6.07) is 5.10. The molecule has 0 aliphatic carbocycles. The highest BCUT2D eigenvalue weighted by atomic mass is 33.1. The predicted octanol–water partition coefficient (Wildman–Crippen LogP) is -2.62. The quantitative estimate of drug-likeness (QED) is 0.0322. The molecule has 3 saturated heterocycles. The van der Waals surface area contributed by atoms with E-state index in [0.29, 0.717) is 23.0 Å². The highest BCUT2D eigenvalue weighted by Gasteiger charge is 2.53. The van der Waals surface area contributed by atoms with Crippen LogP contribution in [0.2, 0.25) is 0 Å². The molecular weight excluding hydrogens is 839 g/mol. The van der Waals surface area contributed by atoms with Crippen molar-refractivity contribution in [2.24, 2.45) is 5.73 Å². The Morgan fingerprint density at radius 2 is 1.69 bits per heavy atom. The van der Waals surface area contributed by atoms with Crippen molar-refractivity contribution in [3.8, 4) is 0 Å². The Labute approximate surface area is 342 Å². The summed E-state index contributed by atoms with van der Waals surface area (Å²) in [6.07, 6.45) is -19.7. The van der Waals surface area contributed by atoms with E-state index >= 15 is 0 Å². The minimum atomic E-state index is -4.97. The molecule has 332 valence electrons. The van der Waals surface area contributed by atoms with Crippen LogP contribution in [0.4, 0.5) is 11.4 Å². The molecule has 4 rings (SSSR count). The van der Waals surface area contributed by atoms with Gasteiger partial charge in [0.15, 0.2) is 18.7 Å². The lowest BCUT2D eigenvalue weighted by Gasteiger charge is -2.46. The van der Waals surface area contributed by atoms with Gasteiger partial charge in [-0.1, -0.05) is 34.1 Å². The van der Waals surface area contributed by atoms with Crippen molar-refractivity contribution < 1.29 is 91.3 Å². The third kappa shape index (κ3) is 14.0. The third-order valence-electron chi connectivity index (χ3n) is 9.59. The third-order valence-corrected chi connectivity index (χ3v) is 13.0. The van der Waals surface area contributed by atoms with E-state index in [2.05, 4.69) is 14.8 Å². The molecule has 0 radical (unpaired) electrons. The van der Waals surface area contributed by atoms with Gasteiger partial charge in [0.1, 0.15) is 54.9 Å². The Hall–Kier alpha value is -1.99. The molecule has 15 atom stereocenters. The van der Waals surface area contributed by atoms with Gasteiger partial charge in [-0.25, -0.2) is 8.98 Å². The molecule has 22 nitrogen and oxygen atoms in total. The largest absolute Gasteiger partial charge is 0.479 e. The summed E-state index contributed by atoms with van der Waals surface area (Å²) in [7, 11) is -0.0592. The van der Waals surface area contributed by atoms with E-state index in [0.717, 1.165) is 32.1 Å². The number of carbonyl (C=O) groups excluding carboxylic acids is 1. The number of benzene rings is 1. The zero-order valence-electron chi connectivity index (χ0n) is 31.2. The van der Waals surface area contributed by atoms with Crippen LogP contribution in [0.5, 0.6) is 0 Å². The number of nitrogens with one attached hydrogen (secondary N) is 2. The van der Waals surface area contributed by atoms with E-state index < -0.39 is 115 Å². The second-order valence-electron chi connectivity index (χ2n) is 13.9. The van der Waals surface area contributed by atoms with Crippen molar-refractivity contribution in [1.29, 1.82) is 0 Å². The number of carbonyl (C=O) groups is 2. The Kier molecular flexibility index (Phi) is 19.1. The Balaban J connectivity index is 1.25. The van der Waals surface area contributed by atoms with Gasteiger partial charge >= 0.3 is 16.4 Å². The van der Waals surface area contributed by atoms with Gasteiger partial charge in [-0.05, 0) is 37.5 Å². The van der Waals surface area contributed by atoms with Gasteiger partial charge in [-0.15, -0.1) is 0 Å². The van der Waals surface area contributed by atoms with Crippen LogP contribution in [0.15, 0.2) is 24.3 Å². The van der Waals surface area contributed by atoms with Crippen molar-refractivity contribution in [2.75, 3.05) is 43.3 Å². The van der Waals surface area contributed by atoms with Gasteiger partial charge in [0.05, 0.1) is 25.4 Å². The minimum absolute atomic E-state index is 0.143. The molecule has 1 aromatic rings. The monoisotopic (exact) mass is 891 g/mol. The predicted molar refractivity (Wildman–Crippen MR) is 205 cm³/mol. The first-order valence-electron chi connectivity index (χ1n) is 18.3. The summed E-state index contributed by atoms with van der Waals surface area (Å²) in [5, 5.41) is 90.6. The number of hydrogen-bond acceptors (Lipinski definition) is 21. The number of aliphatic hydroxyl groups excluding tert-OH is 7. The van der Waals surface area contributed by atoms with Crippen LogP contribution >= 0.6 is 21.6 Å². The van der Waals surface area contributed by atoms with Crippen LogP contribution in [-0.2, 0) is 47.9 Å². The normalized spacial score (nSPS) is 32.6. The first-order chi connectivity index (χ1) is 27.4. The fourth-order valence-electron chi connectivity index (χ4n) is 6.36. The van der Waals surface area contributed by atoms with Crippen LogP contribution in [0.25, 0.3) is 0 Å². The highest BCUT2D eigenvalue weighted by Crippen LogP contribution is 2.40. The molecule has 1 unspecified atom stereocenters. The summed E-state index contributed by atoms with van der Waals surface area (Å²) in [5.74, 6) is -0.732. The molecule has 3 fully saturated rings. The average Bonchev–Trinajstić information content (AvgIpc) is 3.70. The Bertz CT molecular complexity index is 1560. The first-order valence-corrected chi connectivity index (χ1v) is 22.0. The van der Waals surface area contributed by atoms with Crippen LogP contribution in [0, 0.1) is 0 Å². The van der Waals surface area contributed by atoms with E-state index in [1.165, 1.54) is 6.42 Å². The van der Waals surface area contributed by atoms with Gasteiger partial charge in [-0.3, -0.25) is 9.35 Å². The number of amides is 1. The maximum Gasteiger partial charge on any atom is 0.397 e. The van der Waals surface area contributed by atoms with Crippen molar-refractivity contribution in [3.05, 3.63) is 24.3 Å². The first kappa shape index (κ1) is 48.7. The number of nitrogens with two attached hydrogens (primary N) is 1. The van der Waals surface area contributed by atoms with Crippen LogP contribution in [-0.4, -0.2) is 189 Å². The number of methoxy groups -OCH3 is 1. The molecule has 25 heteroatoms. The van der Waals surface area contributed by atoms with Gasteiger partial charge in [0.2, 0.25) is 5.91 Å². The second kappa shape index (κ2) is 22.7. The topological polar surface area (TPSA) is 356 Å². The molecular formula is C33H53N3O19S3. The molecule has 3 aliphatic rings. The lowest BCUT2D eigenvalue weighted by atomic mass is 9.96. The summed E-state index contributed by atoms with van der Waals surface area (Å²) < 4.78 is 62.1. The van der Waals surface area contributed by atoms with E-state index in [9.17, 15) is 58.9 Å². The van der Waals surface area contributed by atoms with Gasteiger partial charge < -0.3 is 80.9 Å². The number of carboxylic acid groups (broad SMARTS) is 1. The van der Waals surface area contributed by atoms with Gasteiger partial charge in [0.25, 0.3) is 0 Å². The van der Waals surface area contributed by atoms with Gasteiger partial charge in [-0.2, -0.15) is 8.42 Å². The second-order valence-corrected chi connectivity index (χ2v) is 17.8. The fraction of sp³-hybridized carbons (Fsp3) is 0.758. The fourth-order valence-corrected chi connectivity index (χ4v) is 9.70. The van der Waals surface area contributed by atoms with Crippen molar-refractivity contribution >= 4 is 55.2 Å². The molecule has 0 spiro atoms. The van der Waals surface area contributed by atoms with E-state index in [1.807, 2.05) is 21.6 Å². The number of aliphatic carboxylic acids is 1. The minimum Gasteiger partial charge on any atom is -0.479 e. The van der Waals surface area contributed by atoms with Crippen molar-refractivity contribution in [2.45, 2.75) is 123 Å². The zero-order valence-corrected chi connectivity index (χ0v) is 33.7. The van der Waals surface area contributed by atoms with Crippen LogP contribution in [0.1, 0.15) is 32.1 Å². The molecule has 0 bridgehead atoms. The molecule has 1 aromatic carbocycles. The van der Waals surface area contributed by atoms with E-state index in [1.54, 1.807) is 24.3 Å². The highest BCUT2D eigenvalue weighted by molar-refractivity contribution is 8.77. The Morgan fingerprint density at radius 1 is 0.983 bits per heavy atom. The SMILES string of the molecule is CO[C@H]1[C@H](O)[C@@H](N)[C@@H](O[C@H]2[C@H](O)[C@@H](O)[C@H](OC[C@@H](O)[C@@H](O)[C@H](O)[C@@H](O)CNc3cccc(NC(=O)CCCCC4CCSS4)c3)O[C@@H]2C(=O)O)O[C@@H]1COS(=O)(=O)O. The summed E-state index contributed by atoms with van der Waals surface area (Å²) in [6.45, 7) is -2.14. The molecule has 13 N–H and O–H groups in total. The number of aliphatic hydroxyl groups is 7. The molecule has 3 heterocycles. The molecule has 3 aliphatic heterocycles. The number of carboxylic acids is 1. The number of ether oxygens (including phenoxy) is 5. The smallest absolute Gasteiger partial charge is 0.397 e. The van der Waals surface area contributed by atoms with Crippen LogP contribution in [0.3, 0.4) is 0 Å². The Morgan fingerprint density at radius 3 is 2.34 bits per heavy atom. The molecule has 0 aromatic heterocycles. The average molecular weight is 892 g/mol. The van der Waals surface area contributed by atoms with E-state index in [-0.39, 0.29) is 12.5 Å². The summed E-state index contributed by atoms with van der Waals surface area (Å²) in [5.41, 5.74) is 6.95. The number of hydrogen-bond donors (Lipinski definition) is 12. The lowest BCUT2D eigenvalue weighted by molar-refractivity contribution is -0.342.